The van der Waals surface area contributed by atoms with Gasteiger partial charge in [0.05, 0.1) is 20.1 Å². The maximum absolute atomic E-state index is 12.2. The third kappa shape index (κ3) is 4.64. The van der Waals surface area contributed by atoms with Crippen LogP contribution in [0.2, 0.25) is 0 Å². The Morgan fingerprint density at radius 1 is 1.28 bits per heavy atom. The molecule has 104 valence electrons. The average Bonchev–Trinajstić information content (AvgIpc) is 3.21. The van der Waals surface area contributed by atoms with E-state index in [1.807, 2.05) is 6.92 Å². The second-order valence-electron chi connectivity index (χ2n) is 4.77. The molecule has 0 radical (unpaired) electrons. The smallest absolute Gasteiger partial charge is 0.307 e. The Balaban J connectivity index is 2.47. The van der Waals surface area contributed by atoms with Crippen molar-refractivity contribution >= 4 is 11.9 Å². The number of amides is 1. The van der Waals surface area contributed by atoms with Gasteiger partial charge in [0.2, 0.25) is 5.91 Å². The van der Waals surface area contributed by atoms with Gasteiger partial charge < -0.3 is 14.4 Å². The summed E-state index contributed by atoms with van der Waals surface area (Å²) in [6.07, 6.45) is 2.52. The number of carbonyl (C=O) groups excluding carboxylic acids is 2. The van der Waals surface area contributed by atoms with Gasteiger partial charge in [-0.25, -0.2) is 0 Å². The van der Waals surface area contributed by atoms with Crippen molar-refractivity contribution in [2.24, 2.45) is 11.8 Å². The summed E-state index contributed by atoms with van der Waals surface area (Å²) in [7, 11) is 2.96. The van der Waals surface area contributed by atoms with Crippen LogP contribution in [0.3, 0.4) is 0 Å². The van der Waals surface area contributed by atoms with Crippen molar-refractivity contribution in [3.63, 3.8) is 0 Å². The highest BCUT2D eigenvalue weighted by atomic mass is 16.5. The molecule has 0 bridgehead atoms. The Hall–Kier alpha value is -1.10. The van der Waals surface area contributed by atoms with Crippen molar-refractivity contribution in [1.29, 1.82) is 0 Å². The largest absolute Gasteiger partial charge is 0.469 e. The van der Waals surface area contributed by atoms with E-state index < -0.39 is 0 Å². The fourth-order valence-electron chi connectivity index (χ4n) is 1.95. The van der Waals surface area contributed by atoms with Crippen molar-refractivity contribution in [2.45, 2.75) is 26.2 Å². The average molecular weight is 257 g/mol. The molecule has 1 fully saturated rings. The van der Waals surface area contributed by atoms with E-state index in [2.05, 4.69) is 4.74 Å². The number of rotatable bonds is 8. The molecule has 0 aliphatic heterocycles. The molecular formula is C13H23NO4. The molecule has 1 amide bonds. The lowest BCUT2D eigenvalue weighted by Gasteiger charge is -2.25. The minimum absolute atomic E-state index is 0.0551. The molecular weight excluding hydrogens is 234 g/mol. The Labute approximate surface area is 108 Å². The third-order valence-electron chi connectivity index (χ3n) is 3.41. The fourth-order valence-corrected chi connectivity index (χ4v) is 1.95. The van der Waals surface area contributed by atoms with Crippen molar-refractivity contribution in [1.82, 2.24) is 4.90 Å². The van der Waals surface area contributed by atoms with Gasteiger partial charge in [0, 0.05) is 26.1 Å². The molecule has 1 atom stereocenters. The molecule has 1 unspecified atom stereocenters. The number of esters is 1. The first-order chi connectivity index (χ1) is 8.60. The number of nitrogens with zero attached hydrogens (tertiary/aromatic N) is 1. The van der Waals surface area contributed by atoms with Crippen molar-refractivity contribution in [3.05, 3.63) is 0 Å². The highest BCUT2D eigenvalue weighted by Crippen LogP contribution is 2.37. The molecule has 0 aromatic rings. The summed E-state index contributed by atoms with van der Waals surface area (Å²) in [6, 6.07) is 0. The van der Waals surface area contributed by atoms with Gasteiger partial charge in [-0.15, -0.1) is 0 Å². The molecule has 1 rings (SSSR count). The lowest BCUT2D eigenvalue weighted by molar-refractivity contribution is -0.142. The van der Waals surface area contributed by atoms with Gasteiger partial charge in [-0.05, 0) is 18.8 Å². The monoisotopic (exact) mass is 257 g/mol. The van der Waals surface area contributed by atoms with Gasteiger partial charge in [0.1, 0.15) is 0 Å². The molecule has 0 aromatic heterocycles. The van der Waals surface area contributed by atoms with E-state index in [4.69, 9.17) is 4.74 Å². The van der Waals surface area contributed by atoms with Gasteiger partial charge in [0.25, 0.3) is 0 Å². The summed E-state index contributed by atoms with van der Waals surface area (Å²) in [4.78, 5) is 25.1. The van der Waals surface area contributed by atoms with Crippen LogP contribution in [-0.4, -0.2) is 50.7 Å². The van der Waals surface area contributed by atoms with Crippen LogP contribution < -0.4 is 0 Å². The topological polar surface area (TPSA) is 55.8 Å². The molecule has 5 nitrogen and oxygen atoms in total. The summed E-state index contributed by atoms with van der Waals surface area (Å²) in [6.45, 7) is 3.40. The van der Waals surface area contributed by atoms with Crippen molar-refractivity contribution < 1.29 is 19.1 Å². The van der Waals surface area contributed by atoms with Crippen molar-refractivity contribution in [2.75, 3.05) is 33.9 Å². The first kappa shape index (κ1) is 15.0. The van der Waals surface area contributed by atoms with Crippen LogP contribution in [0.25, 0.3) is 0 Å². The van der Waals surface area contributed by atoms with Gasteiger partial charge in [-0.1, -0.05) is 6.92 Å². The van der Waals surface area contributed by atoms with Crippen LogP contribution in [-0.2, 0) is 19.1 Å². The van der Waals surface area contributed by atoms with E-state index >= 15 is 0 Å². The zero-order chi connectivity index (χ0) is 13.5. The van der Waals surface area contributed by atoms with E-state index in [0.29, 0.717) is 25.6 Å². The Morgan fingerprint density at radius 2 is 1.94 bits per heavy atom. The number of carbonyl (C=O) groups is 2. The molecule has 0 saturated heterocycles. The molecule has 1 aliphatic carbocycles. The summed E-state index contributed by atoms with van der Waals surface area (Å²) < 4.78 is 9.60. The van der Waals surface area contributed by atoms with Gasteiger partial charge in [-0.3, -0.25) is 9.59 Å². The lowest BCUT2D eigenvalue weighted by Crippen LogP contribution is -2.39. The molecule has 18 heavy (non-hydrogen) atoms. The highest BCUT2D eigenvalue weighted by molar-refractivity contribution is 5.80. The number of hydrogen-bond acceptors (Lipinski definition) is 4. The van der Waals surface area contributed by atoms with Gasteiger partial charge in [0.15, 0.2) is 0 Å². The predicted octanol–water partition coefficient (Wildman–Crippen LogP) is 1.07. The lowest BCUT2D eigenvalue weighted by atomic mass is 10.0. The summed E-state index contributed by atoms with van der Waals surface area (Å²) in [5.74, 6) is 0.419. The first-order valence-electron chi connectivity index (χ1n) is 6.44. The van der Waals surface area contributed by atoms with E-state index in [9.17, 15) is 9.59 Å². The van der Waals surface area contributed by atoms with Gasteiger partial charge in [-0.2, -0.15) is 0 Å². The number of hydrogen-bond donors (Lipinski definition) is 0. The van der Waals surface area contributed by atoms with E-state index in [-0.39, 0.29) is 24.2 Å². The van der Waals surface area contributed by atoms with Crippen LogP contribution in [0.5, 0.6) is 0 Å². The van der Waals surface area contributed by atoms with E-state index in [1.165, 1.54) is 7.11 Å². The molecule has 0 heterocycles. The SMILES string of the molecule is COCCN(CCC(=O)OC)C(=O)C(C)C1CC1. The Morgan fingerprint density at radius 3 is 2.44 bits per heavy atom. The Bertz CT molecular complexity index is 289. The summed E-state index contributed by atoms with van der Waals surface area (Å²) in [5.41, 5.74) is 0. The van der Waals surface area contributed by atoms with E-state index in [1.54, 1.807) is 12.0 Å². The summed E-state index contributed by atoms with van der Waals surface area (Å²) >= 11 is 0. The third-order valence-corrected chi connectivity index (χ3v) is 3.41. The first-order valence-corrected chi connectivity index (χ1v) is 6.44. The zero-order valence-electron chi connectivity index (χ0n) is 11.5. The van der Waals surface area contributed by atoms with Crippen LogP contribution in [0.15, 0.2) is 0 Å². The predicted molar refractivity (Wildman–Crippen MR) is 67.0 cm³/mol. The van der Waals surface area contributed by atoms with Gasteiger partial charge >= 0.3 is 5.97 Å². The van der Waals surface area contributed by atoms with Crippen molar-refractivity contribution in [3.8, 4) is 0 Å². The maximum Gasteiger partial charge on any atom is 0.307 e. The Kier molecular flexibility index (Phi) is 6.12. The second kappa shape index (κ2) is 7.36. The zero-order valence-corrected chi connectivity index (χ0v) is 11.5. The van der Waals surface area contributed by atoms with Crippen LogP contribution in [0.4, 0.5) is 0 Å². The van der Waals surface area contributed by atoms with Crippen LogP contribution in [0, 0.1) is 11.8 Å². The van der Waals surface area contributed by atoms with E-state index in [0.717, 1.165) is 12.8 Å². The number of methoxy groups -OCH3 is 2. The minimum Gasteiger partial charge on any atom is -0.469 e. The standard InChI is InChI=1S/C13H23NO4/c1-10(11-4-5-11)13(16)14(8-9-17-2)7-6-12(15)18-3/h10-11H,4-9H2,1-3H3. The normalized spacial score (nSPS) is 16.2. The fraction of sp³-hybridized carbons (Fsp3) is 0.846. The summed E-state index contributed by atoms with van der Waals surface area (Å²) in [5, 5.41) is 0. The molecule has 1 saturated carbocycles. The maximum atomic E-state index is 12.2. The van der Waals surface area contributed by atoms with Crippen LogP contribution >= 0.6 is 0 Å². The molecule has 1 aliphatic rings. The number of ether oxygens (including phenoxy) is 2. The highest BCUT2D eigenvalue weighted by Gasteiger charge is 2.34. The minimum atomic E-state index is -0.288. The molecule has 0 aromatic carbocycles. The molecule has 5 heteroatoms. The van der Waals surface area contributed by atoms with Crippen LogP contribution in [0.1, 0.15) is 26.2 Å². The quantitative estimate of drug-likeness (QED) is 0.610. The molecule has 0 spiro atoms. The molecule has 0 N–H and O–H groups in total. The second-order valence-corrected chi connectivity index (χ2v) is 4.77.